The molecule has 0 aliphatic heterocycles. The predicted octanol–water partition coefficient (Wildman–Crippen LogP) is 4.66. The van der Waals surface area contributed by atoms with E-state index in [0.717, 1.165) is 5.56 Å². The van der Waals surface area contributed by atoms with Crippen LogP contribution in [0.15, 0.2) is 48.5 Å². The highest BCUT2D eigenvalue weighted by atomic mass is 35.5. The van der Waals surface area contributed by atoms with Crippen LogP contribution in [0.1, 0.15) is 29.8 Å². The van der Waals surface area contributed by atoms with Gasteiger partial charge in [0.2, 0.25) is 0 Å². The van der Waals surface area contributed by atoms with E-state index in [9.17, 15) is 4.79 Å². The van der Waals surface area contributed by atoms with Crippen molar-refractivity contribution < 1.29 is 4.79 Å². The van der Waals surface area contributed by atoms with Gasteiger partial charge in [-0.2, -0.15) is 0 Å². The lowest BCUT2D eigenvalue weighted by molar-refractivity contribution is 0.0912. The van der Waals surface area contributed by atoms with Crippen molar-refractivity contribution >= 4 is 29.1 Å². The van der Waals surface area contributed by atoms with Crippen LogP contribution < -0.4 is 5.32 Å². The molecular weight excluding hydrogens is 293 g/mol. The van der Waals surface area contributed by atoms with E-state index in [1.165, 1.54) is 0 Å². The summed E-state index contributed by atoms with van der Waals surface area (Å²) in [6.07, 6.45) is 0. The van der Waals surface area contributed by atoms with Crippen molar-refractivity contribution in [1.29, 1.82) is 0 Å². The minimum atomic E-state index is -0.524. The molecule has 2 aromatic carbocycles. The van der Waals surface area contributed by atoms with Gasteiger partial charge in [0.05, 0.1) is 5.54 Å². The molecule has 0 radical (unpaired) electrons. The number of carbonyl (C=O) groups excluding carboxylic acids is 1. The van der Waals surface area contributed by atoms with Crippen LogP contribution in [0.2, 0.25) is 10.0 Å². The molecule has 104 valence electrons. The SMILES string of the molecule is CC(C)(NC(=O)c1cccc(Cl)c1)c1cccc(Cl)c1. The van der Waals surface area contributed by atoms with E-state index in [4.69, 9.17) is 23.2 Å². The summed E-state index contributed by atoms with van der Waals surface area (Å²) in [6, 6.07) is 14.3. The average Bonchev–Trinajstić information content (AvgIpc) is 2.38. The van der Waals surface area contributed by atoms with Gasteiger partial charge in [-0.25, -0.2) is 0 Å². The molecule has 0 fully saturated rings. The van der Waals surface area contributed by atoms with E-state index in [2.05, 4.69) is 5.32 Å². The third-order valence-corrected chi connectivity index (χ3v) is 3.53. The Morgan fingerprint density at radius 3 is 2.20 bits per heavy atom. The minimum absolute atomic E-state index is 0.169. The Kier molecular flexibility index (Phi) is 4.36. The Morgan fingerprint density at radius 1 is 1.00 bits per heavy atom. The molecule has 0 unspecified atom stereocenters. The Bertz CT molecular complexity index is 638. The fraction of sp³-hybridized carbons (Fsp3) is 0.188. The molecule has 1 N–H and O–H groups in total. The normalized spacial score (nSPS) is 11.2. The van der Waals surface area contributed by atoms with Gasteiger partial charge in [0.1, 0.15) is 0 Å². The third kappa shape index (κ3) is 3.53. The number of rotatable bonds is 3. The van der Waals surface area contributed by atoms with Gasteiger partial charge < -0.3 is 5.32 Å². The number of hydrogen-bond donors (Lipinski definition) is 1. The second kappa shape index (κ2) is 5.86. The molecule has 0 aromatic heterocycles. The first-order valence-corrected chi connectivity index (χ1v) is 6.98. The number of amides is 1. The monoisotopic (exact) mass is 307 g/mol. The van der Waals surface area contributed by atoms with Crippen LogP contribution in [-0.4, -0.2) is 5.91 Å². The number of carbonyl (C=O) groups is 1. The maximum Gasteiger partial charge on any atom is 0.252 e. The Balaban J connectivity index is 2.22. The first kappa shape index (κ1) is 14.9. The molecule has 0 aliphatic rings. The summed E-state index contributed by atoms with van der Waals surface area (Å²) >= 11 is 11.9. The molecule has 0 bridgehead atoms. The topological polar surface area (TPSA) is 29.1 Å². The molecule has 0 saturated heterocycles. The number of hydrogen-bond acceptors (Lipinski definition) is 1. The highest BCUT2D eigenvalue weighted by Gasteiger charge is 2.23. The van der Waals surface area contributed by atoms with Crippen LogP contribution in [0, 0.1) is 0 Å². The van der Waals surface area contributed by atoms with Crippen LogP contribution in [0.25, 0.3) is 0 Å². The van der Waals surface area contributed by atoms with Crippen LogP contribution in [0.3, 0.4) is 0 Å². The minimum Gasteiger partial charge on any atom is -0.343 e. The van der Waals surface area contributed by atoms with Gasteiger partial charge in [-0.15, -0.1) is 0 Å². The molecule has 0 spiro atoms. The van der Waals surface area contributed by atoms with E-state index in [1.807, 2.05) is 32.0 Å². The lowest BCUT2D eigenvalue weighted by Gasteiger charge is -2.27. The van der Waals surface area contributed by atoms with Gasteiger partial charge in [0.25, 0.3) is 5.91 Å². The maximum absolute atomic E-state index is 12.3. The van der Waals surface area contributed by atoms with Crippen molar-refractivity contribution in [2.45, 2.75) is 19.4 Å². The van der Waals surface area contributed by atoms with Crippen molar-refractivity contribution in [3.8, 4) is 0 Å². The second-order valence-corrected chi connectivity index (χ2v) is 5.97. The Labute approximate surface area is 128 Å². The smallest absolute Gasteiger partial charge is 0.252 e. The predicted molar refractivity (Wildman–Crippen MR) is 83.4 cm³/mol. The summed E-state index contributed by atoms with van der Waals surface area (Å²) in [6.45, 7) is 3.86. The fourth-order valence-corrected chi connectivity index (χ4v) is 2.32. The molecule has 0 aliphatic carbocycles. The van der Waals surface area contributed by atoms with Gasteiger partial charge in [-0.1, -0.05) is 41.4 Å². The molecule has 20 heavy (non-hydrogen) atoms. The van der Waals surface area contributed by atoms with Gasteiger partial charge in [-0.3, -0.25) is 4.79 Å². The summed E-state index contributed by atoms with van der Waals surface area (Å²) in [5.41, 5.74) is 0.956. The van der Waals surface area contributed by atoms with Crippen molar-refractivity contribution in [3.63, 3.8) is 0 Å². The van der Waals surface area contributed by atoms with Gasteiger partial charge in [-0.05, 0) is 49.7 Å². The summed E-state index contributed by atoms with van der Waals surface area (Å²) in [4.78, 5) is 12.3. The highest BCUT2D eigenvalue weighted by molar-refractivity contribution is 6.31. The molecule has 2 nitrogen and oxygen atoms in total. The van der Waals surface area contributed by atoms with Gasteiger partial charge in [0.15, 0.2) is 0 Å². The quantitative estimate of drug-likeness (QED) is 0.878. The van der Waals surface area contributed by atoms with E-state index in [1.54, 1.807) is 30.3 Å². The largest absolute Gasteiger partial charge is 0.343 e. The first-order valence-electron chi connectivity index (χ1n) is 6.22. The Morgan fingerprint density at radius 2 is 1.60 bits per heavy atom. The molecule has 0 saturated carbocycles. The lowest BCUT2D eigenvalue weighted by Crippen LogP contribution is -2.41. The summed E-state index contributed by atoms with van der Waals surface area (Å²) in [5.74, 6) is -0.169. The molecule has 0 heterocycles. The van der Waals surface area contributed by atoms with E-state index < -0.39 is 5.54 Å². The van der Waals surface area contributed by atoms with Crippen molar-refractivity contribution in [3.05, 3.63) is 69.7 Å². The fourth-order valence-electron chi connectivity index (χ4n) is 1.94. The highest BCUT2D eigenvalue weighted by Crippen LogP contribution is 2.23. The summed E-state index contributed by atoms with van der Waals surface area (Å²) in [7, 11) is 0. The zero-order chi connectivity index (χ0) is 14.8. The van der Waals surface area contributed by atoms with Gasteiger partial charge in [0, 0.05) is 15.6 Å². The number of halogens is 2. The van der Waals surface area contributed by atoms with Crippen LogP contribution >= 0.6 is 23.2 Å². The van der Waals surface area contributed by atoms with Crippen molar-refractivity contribution in [2.75, 3.05) is 0 Å². The number of nitrogens with one attached hydrogen (secondary N) is 1. The summed E-state index contributed by atoms with van der Waals surface area (Å²) < 4.78 is 0. The molecule has 2 rings (SSSR count). The molecular formula is C16H15Cl2NO. The van der Waals surface area contributed by atoms with Crippen molar-refractivity contribution in [2.24, 2.45) is 0 Å². The summed E-state index contributed by atoms with van der Waals surface area (Å²) in [5, 5.41) is 4.17. The van der Waals surface area contributed by atoms with Crippen LogP contribution in [-0.2, 0) is 5.54 Å². The average molecular weight is 308 g/mol. The number of benzene rings is 2. The molecule has 4 heteroatoms. The third-order valence-electron chi connectivity index (χ3n) is 3.06. The van der Waals surface area contributed by atoms with Gasteiger partial charge >= 0.3 is 0 Å². The molecule has 0 atom stereocenters. The Hall–Kier alpha value is -1.51. The van der Waals surface area contributed by atoms with Crippen molar-refractivity contribution in [1.82, 2.24) is 5.32 Å². The maximum atomic E-state index is 12.3. The molecule has 2 aromatic rings. The zero-order valence-electron chi connectivity index (χ0n) is 11.3. The van der Waals surface area contributed by atoms with E-state index in [0.29, 0.717) is 15.6 Å². The van der Waals surface area contributed by atoms with E-state index >= 15 is 0 Å². The van der Waals surface area contributed by atoms with Crippen LogP contribution in [0.5, 0.6) is 0 Å². The zero-order valence-corrected chi connectivity index (χ0v) is 12.8. The molecule has 1 amide bonds. The standard InChI is InChI=1S/C16H15Cl2NO/c1-16(2,12-6-4-8-14(18)10-12)19-15(20)11-5-3-7-13(17)9-11/h3-10H,1-2H3,(H,19,20). The van der Waals surface area contributed by atoms with E-state index in [-0.39, 0.29) is 5.91 Å². The lowest BCUT2D eigenvalue weighted by atomic mass is 9.94. The van der Waals surface area contributed by atoms with Crippen LogP contribution in [0.4, 0.5) is 0 Å². The first-order chi connectivity index (χ1) is 9.38. The second-order valence-electron chi connectivity index (χ2n) is 5.10.